The summed E-state index contributed by atoms with van der Waals surface area (Å²) >= 11 is 12.5. The number of hydrogen-bond donors (Lipinski definition) is 1. The van der Waals surface area contributed by atoms with Crippen molar-refractivity contribution in [3.63, 3.8) is 0 Å². The summed E-state index contributed by atoms with van der Waals surface area (Å²) in [5.74, 6) is -0.301. The number of benzene rings is 3. The number of amides is 2. The maximum Gasteiger partial charge on any atom is 0.264 e. The molecule has 0 spiro atoms. The lowest BCUT2D eigenvalue weighted by Gasteiger charge is -2.34. The summed E-state index contributed by atoms with van der Waals surface area (Å²) in [6.07, 6.45) is 1.02. The van der Waals surface area contributed by atoms with Crippen molar-refractivity contribution in [3.05, 3.63) is 88.4 Å². The number of carbonyl (C=O) groups is 2. The first kappa shape index (κ1) is 32.2. The van der Waals surface area contributed by atoms with Crippen LogP contribution in [0.5, 0.6) is 5.75 Å². The van der Waals surface area contributed by atoms with Crippen molar-refractivity contribution in [3.8, 4) is 5.75 Å². The van der Waals surface area contributed by atoms with Gasteiger partial charge in [-0.05, 0) is 67.8 Å². The molecule has 2 amide bonds. The number of sulfonamides is 1. The van der Waals surface area contributed by atoms with Crippen molar-refractivity contribution in [2.75, 3.05) is 18.0 Å². The lowest BCUT2D eigenvalue weighted by molar-refractivity contribution is -0.140. The Morgan fingerprint density at radius 3 is 2.17 bits per heavy atom. The predicted molar refractivity (Wildman–Crippen MR) is 163 cm³/mol. The molecule has 0 radical (unpaired) electrons. The molecule has 3 rings (SSSR count). The second-order valence-electron chi connectivity index (χ2n) is 9.57. The summed E-state index contributed by atoms with van der Waals surface area (Å²) in [6, 6.07) is 18.3. The Hall–Kier alpha value is -3.27. The van der Waals surface area contributed by atoms with Crippen LogP contribution in [-0.2, 0) is 26.2 Å². The zero-order valence-electron chi connectivity index (χ0n) is 23.5. The third kappa shape index (κ3) is 8.38. The molecule has 220 valence electrons. The van der Waals surface area contributed by atoms with E-state index in [4.69, 9.17) is 27.9 Å². The van der Waals surface area contributed by atoms with Gasteiger partial charge in [-0.1, -0.05) is 67.4 Å². The number of nitrogens with one attached hydrogen (secondary N) is 1. The van der Waals surface area contributed by atoms with Gasteiger partial charge in [-0.25, -0.2) is 8.42 Å². The monoisotopic (exact) mass is 619 g/mol. The van der Waals surface area contributed by atoms with Crippen LogP contribution in [-0.4, -0.2) is 50.9 Å². The molecular weight excluding hydrogens is 585 g/mol. The van der Waals surface area contributed by atoms with Gasteiger partial charge in [0, 0.05) is 22.6 Å². The predicted octanol–water partition coefficient (Wildman–Crippen LogP) is 5.92. The highest BCUT2D eigenvalue weighted by Crippen LogP contribution is 2.30. The standard InChI is InChI=1S/C30H35Cl2N3O5S/c1-5-21(3)33-30(37)28(6-2)34(19-22-11-10-12-26(15-22)40-4)29(36)20-35(25-17-23(31)16-24(32)18-25)41(38,39)27-13-8-7-9-14-27/h7-18,21,28H,5-6,19-20H2,1-4H3,(H,33,37)/t21-,28+/m1/s1. The maximum atomic E-state index is 14.1. The lowest BCUT2D eigenvalue weighted by atomic mass is 10.1. The minimum absolute atomic E-state index is 0.00945. The highest BCUT2D eigenvalue weighted by Gasteiger charge is 2.34. The molecule has 0 saturated carbocycles. The van der Waals surface area contributed by atoms with Crippen LogP contribution in [0.2, 0.25) is 10.0 Å². The number of anilines is 1. The minimum atomic E-state index is -4.23. The van der Waals surface area contributed by atoms with Gasteiger partial charge in [0.1, 0.15) is 18.3 Å². The Bertz CT molecular complexity index is 1430. The van der Waals surface area contributed by atoms with E-state index in [0.717, 1.165) is 9.87 Å². The van der Waals surface area contributed by atoms with E-state index in [2.05, 4.69) is 5.32 Å². The molecule has 0 unspecified atom stereocenters. The van der Waals surface area contributed by atoms with Crippen molar-refractivity contribution in [1.29, 1.82) is 0 Å². The second-order valence-corrected chi connectivity index (χ2v) is 12.3. The van der Waals surface area contributed by atoms with Gasteiger partial charge < -0.3 is 15.0 Å². The fourth-order valence-electron chi connectivity index (χ4n) is 4.26. The lowest BCUT2D eigenvalue weighted by Crippen LogP contribution is -2.53. The summed E-state index contributed by atoms with van der Waals surface area (Å²) in [6.45, 7) is 5.11. The average Bonchev–Trinajstić information content (AvgIpc) is 2.95. The van der Waals surface area contributed by atoms with Gasteiger partial charge in [0.15, 0.2) is 0 Å². The summed E-state index contributed by atoms with van der Waals surface area (Å²) < 4.78 is 34.1. The molecule has 3 aromatic carbocycles. The minimum Gasteiger partial charge on any atom is -0.497 e. The van der Waals surface area contributed by atoms with Crippen LogP contribution in [0.15, 0.2) is 77.7 Å². The van der Waals surface area contributed by atoms with E-state index in [1.807, 2.05) is 26.8 Å². The summed E-state index contributed by atoms with van der Waals surface area (Å²) in [5, 5.41) is 3.37. The quantitative estimate of drug-likeness (QED) is 0.256. The van der Waals surface area contributed by atoms with E-state index < -0.39 is 28.5 Å². The molecule has 8 nitrogen and oxygen atoms in total. The highest BCUT2D eigenvalue weighted by molar-refractivity contribution is 7.92. The van der Waals surface area contributed by atoms with Crippen molar-refractivity contribution in [2.24, 2.45) is 0 Å². The van der Waals surface area contributed by atoms with Crippen molar-refractivity contribution in [1.82, 2.24) is 10.2 Å². The largest absolute Gasteiger partial charge is 0.497 e. The summed E-state index contributed by atoms with van der Waals surface area (Å²) in [7, 11) is -2.69. The fraction of sp³-hybridized carbons (Fsp3) is 0.333. The molecule has 0 aliphatic rings. The highest BCUT2D eigenvalue weighted by atomic mass is 35.5. The Morgan fingerprint density at radius 2 is 1.59 bits per heavy atom. The average molecular weight is 621 g/mol. The number of carbonyl (C=O) groups excluding carboxylic acids is 2. The molecule has 0 aliphatic carbocycles. The van der Waals surface area contributed by atoms with Gasteiger partial charge >= 0.3 is 0 Å². The van der Waals surface area contributed by atoms with Crippen LogP contribution in [0.25, 0.3) is 0 Å². The normalized spacial score (nSPS) is 12.7. The van der Waals surface area contributed by atoms with Crippen LogP contribution < -0.4 is 14.4 Å². The maximum absolute atomic E-state index is 14.1. The number of ether oxygens (including phenoxy) is 1. The van der Waals surface area contributed by atoms with Gasteiger partial charge in [0.25, 0.3) is 10.0 Å². The van der Waals surface area contributed by atoms with Crippen LogP contribution in [0, 0.1) is 0 Å². The summed E-state index contributed by atoms with van der Waals surface area (Å²) in [4.78, 5) is 28.9. The molecule has 41 heavy (non-hydrogen) atoms. The number of nitrogens with zero attached hydrogens (tertiary/aromatic N) is 2. The number of methoxy groups -OCH3 is 1. The third-order valence-electron chi connectivity index (χ3n) is 6.62. The van der Waals surface area contributed by atoms with Crippen molar-refractivity contribution < 1.29 is 22.7 Å². The molecular formula is C30H35Cl2N3O5S. The Balaban J connectivity index is 2.09. The first-order valence-electron chi connectivity index (χ1n) is 13.3. The van der Waals surface area contributed by atoms with E-state index in [-0.39, 0.29) is 39.1 Å². The van der Waals surface area contributed by atoms with Gasteiger partial charge in [0.2, 0.25) is 11.8 Å². The zero-order chi connectivity index (χ0) is 30.2. The molecule has 0 bridgehead atoms. The SMILES string of the molecule is CC[C@@H](C)NC(=O)[C@H](CC)N(Cc1cccc(OC)c1)C(=O)CN(c1cc(Cl)cc(Cl)c1)S(=O)(=O)c1ccccc1. The Morgan fingerprint density at radius 1 is 0.927 bits per heavy atom. The fourth-order valence-corrected chi connectivity index (χ4v) is 6.19. The van der Waals surface area contributed by atoms with E-state index in [9.17, 15) is 18.0 Å². The number of rotatable bonds is 13. The van der Waals surface area contributed by atoms with Crippen LogP contribution in [0.4, 0.5) is 5.69 Å². The first-order chi connectivity index (χ1) is 19.5. The second kappa shape index (κ2) is 14.6. The van der Waals surface area contributed by atoms with E-state index in [1.165, 1.54) is 35.2 Å². The van der Waals surface area contributed by atoms with Gasteiger partial charge in [-0.15, -0.1) is 0 Å². The molecule has 0 aromatic heterocycles. The molecule has 0 aliphatic heterocycles. The topological polar surface area (TPSA) is 96.0 Å². The summed E-state index contributed by atoms with van der Waals surface area (Å²) in [5.41, 5.74) is 0.842. The molecule has 2 atom stereocenters. The third-order valence-corrected chi connectivity index (χ3v) is 8.84. The Labute approximate surface area is 252 Å². The van der Waals surface area contributed by atoms with Crippen molar-refractivity contribution >= 4 is 50.7 Å². The molecule has 1 N–H and O–H groups in total. The van der Waals surface area contributed by atoms with Gasteiger partial charge in [-0.3, -0.25) is 13.9 Å². The van der Waals surface area contributed by atoms with Crippen LogP contribution >= 0.6 is 23.2 Å². The smallest absolute Gasteiger partial charge is 0.264 e. The molecule has 3 aromatic rings. The Kier molecular flexibility index (Phi) is 11.5. The first-order valence-corrected chi connectivity index (χ1v) is 15.5. The molecule has 11 heteroatoms. The van der Waals surface area contributed by atoms with Crippen LogP contribution in [0.3, 0.4) is 0 Å². The molecule has 0 heterocycles. The van der Waals surface area contributed by atoms with E-state index >= 15 is 0 Å². The van der Waals surface area contributed by atoms with Crippen molar-refractivity contribution in [2.45, 2.75) is 57.1 Å². The zero-order valence-corrected chi connectivity index (χ0v) is 25.8. The van der Waals surface area contributed by atoms with Gasteiger partial charge in [0.05, 0.1) is 17.7 Å². The number of halogens is 2. The number of hydrogen-bond acceptors (Lipinski definition) is 5. The molecule has 0 saturated heterocycles. The van der Waals surface area contributed by atoms with E-state index in [1.54, 1.807) is 43.5 Å². The van der Waals surface area contributed by atoms with Gasteiger partial charge in [-0.2, -0.15) is 0 Å². The van der Waals surface area contributed by atoms with E-state index in [0.29, 0.717) is 18.6 Å². The van der Waals surface area contributed by atoms with Crippen LogP contribution in [0.1, 0.15) is 39.2 Å². The molecule has 0 fully saturated rings.